The minimum absolute atomic E-state index is 0.180. The van der Waals surface area contributed by atoms with Crippen molar-refractivity contribution in [3.05, 3.63) is 16.9 Å². The van der Waals surface area contributed by atoms with Crippen LogP contribution in [0.3, 0.4) is 0 Å². The zero-order valence-electron chi connectivity index (χ0n) is 14.5. The first kappa shape index (κ1) is 16.4. The molecule has 0 saturated heterocycles. The SMILES string of the molecule is Cc1c2c(nn1C1CCCC1)OCCC(C)Nc1nc(ncc1Cl)N2. The Morgan fingerprint density at radius 3 is 2.88 bits per heavy atom. The van der Waals surface area contributed by atoms with E-state index in [-0.39, 0.29) is 6.04 Å². The molecule has 1 saturated carbocycles. The second kappa shape index (κ2) is 6.71. The summed E-state index contributed by atoms with van der Waals surface area (Å²) in [6, 6.07) is 0.632. The Morgan fingerprint density at radius 2 is 2.08 bits per heavy atom. The maximum atomic E-state index is 6.21. The highest BCUT2D eigenvalue weighted by Crippen LogP contribution is 2.37. The molecule has 0 aromatic carbocycles. The van der Waals surface area contributed by atoms with Crippen molar-refractivity contribution < 1.29 is 4.74 Å². The van der Waals surface area contributed by atoms with Crippen molar-refractivity contribution >= 4 is 29.1 Å². The lowest BCUT2D eigenvalue weighted by atomic mass is 10.2. The van der Waals surface area contributed by atoms with Crippen molar-refractivity contribution in [1.82, 2.24) is 19.7 Å². The number of halogens is 1. The number of rotatable bonds is 1. The third kappa shape index (κ3) is 3.25. The summed E-state index contributed by atoms with van der Waals surface area (Å²) in [4.78, 5) is 8.81. The summed E-state index contributed by atoms with van der Waals surface area (Å²) in [7, 11) is 0. The molecule has 2 bridgehead atoms. The van der Waals surface area contributed by atoms with Gasteiger partial charge < -0.3 is 15.4 Å². The number of hydrogen-bond acceptors (Lipinski definition) is 6. The third-order valence-corrected chi connectivity index (χ3v) is 5.22. The lowest BCUT2D eigenvalue weighted by Crippen LogP contribution is -2.19. The standard InChI is InChI=1S/C17H23ClN6O/c1-10-7-8-25-16-14(11(2)24(23-16)12-5-3-4-6-12)21-17-19-9-13(18)15(20-10)22-17/h9-10,12H,3-8H2,1-2H3,(H2,19,20,21,22). The van der Waals surface area contributed by atoms with Crippen LogP contribution in [0, 0.1) is 6.92 Å². The molecule has 2 aliphatic rings. The maximum Gasteiger partial charge on any atom is 0.257 e. The molecule has 2 N–H and O–H groups in total. The van der Waals surface area contributed by atoms with E-state index < -0.39 is 0 Å². The summed E-state index contributed by atoms with van der Waals surface area (Å²) in [5.41, 5.74) is 1.90. The fourth-order valence-electron chi connectivity index (χ4n) is 3.52. The van der Waals surface area contributed by atoms with E-state index in [0.29, 0.717) is 35.3 Å². The quantitative estimate of drug-likeness (QED) is 0.796. The minimum atomic E-state index is 0.180. The topological polar surface area (TPSA) is 76.9 Å². The van der Waals surface area contributed by atoms with E-state index in [4.69, 9.17) is 21.4 Å². The molecule has 1 aliphatic carbocycles. The molecular formula is C17H23ClN6O. The second-order valence-corrected chi connectivity index (χ2v) is 7.25. The average Bonchev–Trinajstić information content (AvgIpc) is 3.20. The van der Waals surface area contributed by atoms with Gasteiger partial charge in [-0.05, 0) is 26.7 Å². The fourth-order valence-corrected chi connectivity index (χ4v) is 3.67. The second-order valence-electron chi connectivity index (χ2n) is 6.85. The Hall–Kier alpha value is -2.02. The monoisotopic (exact) mass is 362 g/mol. The predicted octanol–water partition coefficient (Wildman–Crippen LogP) is 4.08. The van der Waals surface area contributed by atoms with Gasteiger partial charge in [0.15, 0.2) is 5.82 Å². The van der Waals surface area contributed by atoms with Crippen LogP contribution < -0.4 is 15.4 Å². The van der Waals surface area contributed by atoms with Crippen molar-refractivity contribution in [2.75, 3.05) is 17.2 Å². The Morgan fingerprint density at radius 1 is 1.28 bits per heavy atom. The van der Waals surface area contributed by atoms with E-state index >= 15 is 0 Å². The molecule has 25 heavy (non-hydrogen) atoms. The number of fused-ring (bicyclic) bond motifs is 3. The zero-order valence-corrected chi connectivity index (χ0v) is 15.3. The summed E-state index contributed by atoms with van der Waals surface area (Å²) < 4.78 is 8.10. The molecule has 0 radical (unpaired) electrons. The molecule has 3 heterocycles. The average molecular weight is 363 g/mol. The molecule has 2 aromatic rings. The Bertz CT molecular complexity index is 771. The van der Waals surface area contributed by atoms with E-state index in [1.165, 1.54) is 25.7 Å². The van der Waals surface area contributed by atoms with Crippen molar-refractivity contribution in [1.29, 1.82) is 0 Å². The Kier molecular flexibility index (Phi) is 4.41. The van der Waals surface area contributed by atoms with Crippen LogP contribution in [0.4, 0.5) is 17.5 Å². The zero-order chi connectivity index (χ0) is 17.4. The first-order valence-corrected chi connectivity index (χ1v) is 9.27. The van der Waals surface area contributed by atoms with Crippen LogP contribution in [0.1, 0.15) is 50.8 Å². The van der Waals surface area contributed by atoms with Gasteiger partial charge in [0.25, 0.3) is 5.88 Å². The van der Waals surface area contributed by atoms with Crippen LogP contribution in [-0.4, -0.2) is 32.4 Å². The molecule has 7 nitrogen and oxygen atoms in total. The third-order valence-electron chi connectivity index (χ3n) is 4.94. The van der Waals surface area contributed by atoms with E-state index in [0.717, 1.165) is 17.8 Å². The molecular weight excluding hydrogens is 340 g/mol. The normalized spacial score (nSPS) is 20.8. The number of anilines is 3. The molecule has 1 atom stereocenters. The van der Waals surface area contributed by atoms with Gasteiger partial charge in [0, 0.05) is 12.5 Å². The van der Waals surface area contributed by atoms with E-state index in [9.17, 15) is 0 Å². The molecule has 0 spiro atoms. The molecule has 1 unspecified atom stereocenters. The first-order chi connectivity index (χ1) is 12.1. The lowest BCUT2D eigenvalue weighted by Gasteiger charge is -2.15. The number of nitrogens with zero attached hydrogens (tertiary/aromatic N) is 4. The largest absolute Gasteiger partial charge is 0.475 e. The molecule has 8 heteroatoms. The van der Waals surface area contributed by atoms with Crippen LogP contribution >= 0.6 is 11.6 Å². The Labute approximate surface area is 152 Å². The molecule has 4 rings (SSSR count). The van der Waals surface area contributed by atoms with Gasteiger partial charge in [-0.1, -0.05) is 24.4 Å². The molecule has 1 aliphatic heterocycles. The van der Waals surface area contributed by atoms with Crippen LogP contribution in [-0.2, 0) is 0 Å². The first-order valence-electron chi connectivity index (χ1n) is 8.90. The van der Waals surface area contributed by atoms with Gasteiger partial charge in [-0.25, -0.2) is 4.98 Å². The highest BCUT2D eigenvalue weighted by atomic mass is 35.5. The predicted molar refractivity (Wildman–Crippen MR) is 98.0 cm³/mol. The summed E-state index contributed by atoms with van der Waals surface area (Å²) in [6.45, 7) is 4.72. The van der Waals surface area contributed by atoms with Crippen molar-refractivity contribution in [2.24, 2.45) is 0 Å². The van der Waals surface area contributed by atoms with Crippen molar-refractivity contribution in [2.45, 2.75) is 58.0 Å². The van der Waals surface area contributed by atoms with Crippen LogP contribution in [0.5, 0.6) is 5.88 Å². The van der Waals surface area contributed by atoms with Gasteiger partial charge >= 0.3 is 0 Å². The van der Waals surface area contributed by atoms with Gasteiger partial charge in [-0.2, -0.15) is 4.98 Å². The highest BCUT2D eigenvalue weighted by molar-refractivity contribution is 6.32. The number of hydrogen-bond donors (Lipinski definition) is 2. The summed E-state index contributed by atoms with van der Waals surface area (Å²) in [5.74, 6) is 1.74. The van der Waals surface area contributed by atoms with Crippen LogP contribution in [0.2, 0.25) is 5.02 Å². The number of nitrogens with one attached hydrogen (secondary N) is 2. The number of aromatic nitrogens is 4. The maximum absolute atomic E-state index is 6.21. The van der Waals surface area contributed by atoms with E-state index in [2.05, 4.69) is 39.1 Å². The smallest absolute Gasteiger partial charge is 0.257 e. The van der Waals surface area contributed by atoms with Crippen LogP contribution in [0.25, 0.3) is 0 Å². The molecule has 1 fully saturated rings. The van der Waals surface area contributed by atoms with Crippen molar-refractivity contribution in [3.63, 3.8) is 0 Å². The van der Waals surface area contributed by atoms with Crippen LogP contribution in [0.15, 0.2) is 6.20 Å². The molecule has 0 amide bonds. The van der Waals surface area contributed by atoms with Gasteiger partial charge in [-0.3, -0.25) is 4.68 Å². The van der Waals surface area contributed by atoms with E-state index in [1.807, 2.05) is 0 Å². The van der Waals surface area contributed by atoms with Gasteiger partial charge in [0.05, 0.1) is 24.5 Å². The van der Waals surface area contributed by atoms with Gasteiger partial charge in [0.2, 0.25) is 5.95 Å². The van der Waals surface area contributed by atoms with Gasteiger partial charge in [-0.15, -0.1) is 5.10 Å². The molecule has 2 aromatic heterocycles. The lowest BCUT2D eigenvalue weighted by molar-refractivity contribution is 0.287. The minimum Gasteiger partial charge on any atom is -0.475 e. The van der Waals surface area contributed by atoms with E-state index in [1.54, 1.807) is 6.20 Å². The Balaban J connectivity index is 1.74. The summed E-state index contributed by atoms with van der Waals surface area (Å²) >= 11 is 6.21. The highest BCUT2D eigenvalue weighted by Gasteiger charge is 2.25. The summed E-state index contributed by atoms with van der Waals surface area (Å²) in [6.07, 6.45) is 7.30. The fraction of sp³-hybridized carbons (Fsp3) is 0.588. The number of ether oxygens (including phenoxy) is 1. The molecule has 134 valence electrons. The van der Waals surface area contributed by atoms with Crippen molar-refractivity contribution in [3.8, 4) is 5.88 Å². The summed E-state index contributed by atoms with van der Waals surface area (Å²) in [5, 5.41) is 11.9. The van der Waals surface area contributed by atoms with Gasteiger partial charge in [0.1, 0.15) is 10.7 Å².